The molecule has 1 aromatic carbocycles. The van der Waals surface area contributed by atoms with Crippen LogP contribution in [0, 0.1) is 6.92 Å². The van der Waals surface area contributed by atoms with Crippen molar-refractivity contribution < 1.29 is 4.79 Å². The van der Waals surface area contributed by atoms with Gasteiger partial charge in [0.15, 0.2) is 0 Å². The SMILES string of the molecule is C=C1C(=O)N(C)c2ccc(C)cc21. The highest BCUT2D eigenvalue weighted by Gasteiger charge is 2.27. The van der Waals surface area contributed by atoms with Crippen molar-refractivity contribution in [2.24, 2.45) is 0 Å². The molecular weight excluding hydrogens is 162 g/mol. The molecule has 0 N–H and O–H groups in total. The van der Waals surface area contributed by atoms with Crippen LogP contribution in [0.15, 0.2) is 24.8 Å². The van der Waals surface area contributed by atoms with Gasteiger partial charge < -0.3 is 4.90 Å². The number of rotatable bonds is 0. The van der Waals surface area contributed by atoms with E-state index in [0.717, 1.165) is 16.8 Å². The molecule has 2 rings (SSSR count). The predicted octanol–water partition coefficient (Wildman–Crippen LogP) is 1.98. The fourth-order valence-electron chi connectivity index (χ4n) is 1.61. The third-order valence-electron chi connectivity index (χ3n) is 2.40. The van der Waals surface area contributed by atoms with Crippen molar-refractivity contribution in [3.05, 3.63) is 35.9 Å². The molecule has 0 unspecified atom stereocenters. The van der Waals surface area contributed by atoms with Gasteiger partial charge >= 0.3 is 0 Å². The van der Waals surface area contributed by atoms with Crippen LogP contribution in [0.25, 0.3) is 5.57 Å². The Balaban J connectivity index is 2.67. The Kier molecular flexibility index (Phi) is 1.52. The Morgan fingerprint density at radius 3 is 2.77 bits per heavy atom. The molecule has 66 valence electrons. The molecule has 0 spiro atoms. The van der Waals surface area contributed by atoms with Crippen LogP contribution in [-0.4, -0.2) is 13.0 Å². The van der Waals surface area contributed by atoms with Gasteiger partial charge in [-0.05, 0) is 19.1 Å². The lowest BCUT2D eigenvalue weighted by Gasteiger charge is -2.08. The molecule has 0 bridgehead atoms. The minimum atomic E-state index is 0.000556. The van der Waals surface area contributed by atoms with E-state index < -0.39 is 0 Å². The van der Waals surface area contributed by atoms with E-state index in [1.807, 2.05) is 25.1 Å². The van der Waals surface area contributed by atoms with Crippen LogP contribution in [0.3, 0.4) is 0 Å². The first-order valence-corrected chi connectivity index (χ1v) is 4.19. The number of aryl methyl sites for hydroxylation is 1. The van der Waals surface area contributed by atoms with E-state index in [0.29, 0.717) is 5.57 Å². The second-order valence-electron chi connectivity index (χ2n) is 3.36. The number of nitrogens with zero attached hydrogens (tertiary/aromatic N) is 1. The maximum Gasteiger partial charge on any atom is 0.258 e. The van der Waals surface area contributed by atoms with E-state index in [-0.39, 0.29) is 5.91 Å². The highest BCUT2D eigenvalue weighted by atomic mass is 16.2. The lowest BCUT2D eigenvalue weighted by Crippen LogP contribution is -2.19. The molecule has 0 aliphatic carbocycles. The molecule has 1 aliphatic heterocycles. The quantitative estimate of drug-likeness (QED) is 0.549. The zero-order valence-electron chi connectivity index (χ0n) is 7.79. The fraction of sp³-hybridized carbons (Fsp3) is 0.182. The molecule has 2 nitrogen and oxygen atoms in total. The first-order chi connectivity index (χ1) is 6.11. The smallest absolute Gasteiger partial charge is 0.258 e. The molecule has 13 heavy (non-hydrogen) atoms. The Hall–Kier alpha value is -1.57. The van der Waals surface area contributed by atoms with Crippen molar-refractivity contribution in [3.8, 4) is 0 Å². The molecule has 0 fully saturated rings. The molecule has 2 heteroatoms. The van der Waals surface area contributed by atoms with E-state index in [9.17, 15) is 4.79 Å². The first-order valence-electron chi connectivity index (χ1n) is 4.19. The van der Waals surface area contributed by atoms with E-state index in [1.165, 1.54) is 0 Å². The monoisotopic (exact) mass is 173 g/mol. The zero-order valence-corrected chi connectivity index (χ0v) is 7.79. The van der Waals surface area contributed by atoms with Crippen LogP contribution in [0.1, 0.15) is 11.1 Å². The number of carbonyl (C=O) groups excluding carboxylic acids is 1. The van der Waals surface area contributed by atoms with Crippen LogP contribution in [0.4, 0.5) is 5.69 Å². The second kappa shape index (κ2) is 2.46. The van der Waals surface area contributed by atoms with Crippen LogP contribution in [-0.2, 0) is 4.79 Å². The van der Waals surface area contributed by atoms with Gasteiger partial charge in [0.05, 0.1) is 5.69 Å². The minimum Gasteiger partial charge on any atom is -0.311 e. The maximum atomic E-state index is 11.5. The van der Waals surface area contributed by atoms with Gasteiger partial charge in [0.1, 0.15) is 0 Å². The number of fused-ring (bicyclic) bond motifs is 1. The van der Waals surface area contributed by atoms with Crippen molar-refractivity contribution in [1.82, 2.24) is 0 Å². The molecule has 1 aromatic rings. The third kappa shape index (κ3) is 0.985. The summed E-state index contributed by atoms with van der Waals surface area (Å²) in [5.74, 6) is 0.000556. The fourth-order valence-corrected chi connectivity index (χ4v) is 1.61. The van der Waals surface area contributed by atoms with Gasteiger partial charge in [0.2, 0.25) is 0 Å². The van der Waals surface area contributed by atoms with Gasteiger partial charge in [-0.15, -0.1) is 0 Å². The Labute approximate surface area is 77.5 Å². The van der Waals surface area contributed by atoms with Crippen molar-refractivity contribution in [2.45, 2.75) is 6.92 Å². The Morgan fingerprint density at radius 2 is 2.08 bits per heavy atom. The van der Waals surface area contributed by atoms with Crippen molar-refractivity contribution >= 4 is 17.2 Å². The number of hydrogen-bond acceptors (Lipinski definition) is 1. The molecule has 0 aromatic heterocycles. The summed E-state index contributed by atoms with van der Waals surface area (Å²) in [7, 11) is 1.77. The Bertz CT molecular complexity index is 407. The Morgan fingerprint density at radius 1 is 1.38 bits per heavy atom. The zero-order chi connectivity index (χ0) is 9.59. The lowest BCUT2D eigenvalue weighted by atomic mass is 10.1. The summed E-state index contributed by atoms with van der Waals surface area (Å²) in [6.07, 6.45) is 0. The molecule has 1 aliphatic rings. The summed E-state index contributed by atoms with van der Waals surface area (Å²) in [6, 6.07) is 5.96. The first kappa shape index (κ1) is 8.05. The molecular formula is C11H11NO. The van der Waals surface area contributed by atoms with E-state index in [4.69, 9.17) is 0 Å². The van der Waals surface area contributed by atoms with Gasteiger partial charge in [-0.2, -0.15) is 0 Å². The standard InChI is InChI=1S/C11H11NO/c1-7-4-5-10-9(6-7)8(2)11(13)12(10)3/h4-6H,2H2,1,3H3. The summed E-state index contributed by atoms with van der Waals surface area (Å²) in [5.41, 5.74) is 3.68. The number of hydrogen-bond donors (Lipinski definition) is 0. The summed E-state index contributed by atoms with van der Waals surface area (Å²) >= 11 is 0. The van der Waals surface area contributed by atoms with E-state index >= 15 is 0 Å². The van der Waals surface area contributed by atoms with Gasteiger partial charge in [-0.25, -0.2) is 0 Å². The number of carbonyl (C=O) groups is 1. The minimum absolute atomic E-state index is 0.000556. The molecule has 0 saturated carbocycles. The second-order valence-corrected chi connectivity index (χ2v) is 3.36. The van der Waals surface area contributed by atoms with Crippen molar-refractivity contribution in [2.75, 3.05) is 11.9 Å². The lowest BCUT2D eigenvalue weighted by molar-refractivity contribution is -0.112. The average Bonchev–Trinajstić information content (AvgIpc) is 2.32. The van der Waals surface area contributed by atoms with E-state index in [2.05, 4.69) is 6.58 Å². The number of benzene rings is 1. The predicted molar refractivity (Wildman–Crippen MR) is 53.6 cm³/mol. The van der Waals surface area contributed by atoms with Crippen molar-refractivity contribution in [3.63, 3.8) is 0 Å². The van der Waals surface area contributed by atoms with Crippen LogP contribution in [0.2, 0.25) is 0 Å². The van der Waals surface area contributed by atoms with Gasteiger partial charge in [-0.1, -0.05) is 18.2 Å². The normalized spacial score (nSPS) is 15.1. The molecule has 0 saturated heterocycles. The highest BCUT2D eigenvalue weighted by molar-refractivity contribution is 6.31. The number of amides is 1. The summed E-state index contributed by atoms with van der Waals surface area (Å²) in [6.45, 7) is 5.79. The maximum absolute atomic E-state index is 11.5. The summed E-state index contributed by atoms with van der Waals surface area (Å²) in [4.78, 5) is 13.1. The number of likely N-dealkylation sites (N-methyl/N-ethyl adjacent to an activating group) is 1. The van der Waals surface area contributed by atoms with Crippen LogP contribution < -0.4 is 4.90 Å². The van der Waals surface area contributed by atoms with Gasteiger partial charge in [0.25, 0.3) is 5.91 Å². The molecule has 0 radical (unpaired) electrons. The van der Waals surface area contributed by atoms with Crippen LogP contribution >= 0.6 is 0 Å². The summed E-state index contributed by atoms with van der Waals surface area (Å²) in [5, 5.41) is 0. The number of anilines is 1. The topological polar surface area (TPSA) is 20.3 Å². The molecule has 0 atom stereocenters. The third-order valence-corrected chi connectivity index (χ3v) is 2.40. The van der Waals surface area contributed by atoms with Gasteiger partial charge in [-0.3, -0.25) is 4.79 Å². The summed E-state index contributed by atoms with van der Waals surface area (Å²) < 4.78 is 0. The van der Waals surface area contributed by atoms with Crippen LogP contribution in [0.5, 0.6) is 0 Å². The molecule has 1 heterocycles. The largest absolute Gasteiger partial charge is 0.311 e. The van der Waals surface area contributed by atoms with Gasteiger partial charge in [0, 0.05) is 18.2 Å². The van der Waals surface area contributed by atoms with Crippen molar-refractivity contribution in [1.29, 1.82) is 0 Å². The highest BCUT2D eigenvalue weighted by Crippen LogP contribution is 2.34. The van der Waals surface area contributed by atoms with E-state index in [1.54, 1.807) is 11.9 Å². The average molecular weight is 173 g/mol. The molecule has 1 amide bonds.